The van der Waals surface area contributed by atoms with Crippen molar-refractivity contribution >= 4 is 33.2 Å². The first-order chi connectivity index (χ1) is 15.2. The normalized spacial score (nSPS) is 19.3. The third kappa shape index (κ3) is 3.74. The summed E-state index contributed by atoms with van der Waals surface area (Å²) in [5, 5.41) is 5.07. The third-order valence-electron chi connectivity index (χ3n) is 6.14. The van der Waals surface area contributed by atoms with E-state index < -0.39 is 0 Å². The molecule has 1 aromatic carbocycles. The number of thiophene rings is 1. The number of likely N-dealkylation sites (tertiary alicyclic amines) is 1. The Kier molecular flexibility index (Phi) is 5.50. The molecule has 2 aromatic heterocycles. The zero-order valence-electron chi connectivity index (χ0n) is 17.5. The number of hydrogen-bond acceptors (Lipinski definition) is 6. The van der Waals surface area contributed by atoms with Crippen molar-refractivity contribution in [3.63, 3.8) is 0 Å². The topological polar surface area (TPSA) is 75.9 Å². The minimum absolute atomic E-state index is 0.0760. The number of morpholine rings is 1. The van der Waals surface area contributed by atoms with E-state index in [9.17, 15) is 9.59 Å². The molecule has 2 aliphatic heterocycles. The fraction of sp³-hybridized carbons (Fsp3) is 0.435. The second kappa shape index (κ2) is 8.43. The number of amides is 2. The van der Waals surface area contributed by atoms with Gasteiger partial charge in [0.25, 0.3) is 11.8 Å². The van der Waals surface area contributed by atoms with Gasteiger partial charge in [0.05, 0.1) is 23.8 Å². The molecule has 7 nitrogen and oxygen atoms in total. The largest absolute Gasteiger partial charge is 0.378 e. The van der Waals surface area contributed by atoms with Crippen molar-refractivity contribution in [1.82, 2.24) is 15.0 Å². The van der Waals surface area contributed by atoms with Crippen molar-refractivity contribution in [3.05, 3.63) is 52.2 Å². The summed E-state index contributed by atoms with van der Waals surface area (Å²) < 4.78 is 11.8. The van der Waals surface area contributed by atoms with Crippen molar-refractivity contribution in [1.29, 1.82) is 0 Å². The van der Waals surface area contributed by atoms with E-state index in [2.05, 4.69) is 17.3 Å². The lowest BCUT2D eigenvalue weighted by Gasteiger charge is -2.27. The summed E-state index contributed by atoms with van der Waals surface area (Å²) in [7, 11) is 0. The minimum Gasteiger partial charge on any atom is -0.378 e. The summed E-state index contributed by atoms with van der Waals surface area (Å²) in [4.78, 5) is 30.8. The van der Waals surface area contributed by atoms with Gasteiger partial charge in [0, 0.05) is 42.9 Å². The highest BCUT2D eigenvalue weighted by Crippen LogP contribution is 2.41. The van der Waals surface area contributed by atoms with Gasteiger partial charge in [0.15, 0.2) is 0 Å². The molecule has 5 rings (SSSR count). The third-order valence-corrected chi connectivity index (χ3v) is 7.32. The Morgan fingerprint density at radius 1 is 1.13 bits per heavy atom. The quantitative estimate of drug-likeness (QED) is 0.621. The fourth-order valence-corrected chi connectivity index (χ4v) is 5.71. The molecule has 8 heteroatoms. The van der Waals surface area contributed by atoms with Gasteiger partial charge in [-0.2, -0.15) is 0 Å². The lowest BCUT2D eigenvalue weighted by atomic mass is 9.94. The second-order valence-corrected chi connectivity index (χ2v) is 9.07. The molecule has 0 spiro atoms. The SMILES string of the molecule is CCc1cc(C(=O)N2CCC(c3c(C(=O)N4CCOCC4)sc4ccccc34)C2)on1. The first kappa shape index (κ1) is 20.2. The van der Waals surface area contributed by atoms with Crippen LogP contribution in [0.4, 0.5) is 0 Å². The standard InChI is InChI=1S/C23H25N3O4S/c1-2-16-13-18(30-24-16)22(27)26-8-7-15(14-26)20-17-5-3-4-6-19(17)31-21(20)23(28)25-9-11-29-12-10-25/h3-6,13,15H,2,7-12,14H2,1H3. The molecule has 162 valence electrons. The number of aromatic nitrogens is 1. The fourth-order valence-electron chi connectivity index (χ4n) is 4.46. The predicted molar refractivity (Wildman–Crippen MR) is 118 cm³/mol. The first-order valence-electron chi connectivity index (χ1n) is 10.8. The van der Waals surface area contributed by atoms with Gasteiger partial charge in [-0.1, -0.05) is 30.3 Å². The number of aryl methyl sites for hydroxylation is 1. The molecule has 0 N–H and O–H groups in total. The number of fused-ring (bicyclic) bond motifs is 1. The van der Waals surface area contributed by atoms with E-state index in [0.29, 0.717) is 39.4 Å². The van der Waals surface area contributed by atoms with Crippen molar-refractivity contribution in [2.24, 2.45) is 0 Å². The van der Waals surface area contributed by atoms with Gasteiger partial charge in [0.2, 0.25) is 5.76 Å². The van der Waals surface area contributed by atoms with E-state index in [1.54, 1.807) is 17.4 Å². The van der Waals surface area contributed by atoms with E-state index in [4.69, 9.17) is 9.26 Å². The summed E-state index contributed by atoms with van der Waals surface area (Å²) in [5.74, 6) is 0.355. The van der Waals surface area contributed by atoms with Crippen LogP contribution in [-0.4, -0.2) is 66.2 Å². The van der Waals surface area contributed by atoms with E-state index in [1.165, 1.54) is 0 Å². The molecule has 4 heterocycles. The zero-order valence-corrected chi connectivity index (χ0v) is 18.3. The average molecular weight is 440 g/mol. The molecule has 2 aliphatic rings. The summed E-state index contributed by atoms with van der Waals surface area (Å²) in [6.07, 6.45) is 1.55. The lowest BCUT2D eigenvalue weighted by Crippen LogP contribution is -2.40. The van der Waals surface area contributed by atoms with Crippen molar-refractivity contribution in [3.8, 4) is 0 Å². The molecule has 3 aromatic rings. The van der Waals surface area contributed by atoms with Crippen LogP contribution in [0.15, 0.2) is 34.9 Å². The highest BCUT2D eigenvalue weighted by Gasteiger charge is 2.35. The van der Waals surface area contributed by atoms with Crippen LogP contribution in [-0.2, 0) is 11.2 Å². The summed E-state index contributed by atoms with van der Waals surface area (Å²) in [6, 6.07) is 9.90. The van der Waals surface area contributed by atoms with Crippen LogP contribution in [0, 0.1) is 0 Å². The van der Waals surface area contributed by atoms with Crippen molar-refractivity contribution in [2.75, 3.05) is 39.4 Å². The highest BCUT2D eigenvalue weighted by atomic mass is 32.1. The Labute approximate surface area is 184 Å². The molecule has 1 unspecified atom stereocenters. The molecule has 0 saturated carbocycles. The smallest absolute Gasteiger partial charge is 0.292 e. The van der Waals surface area contributed by atoms with Gasteiger partial charge >= 0.3 is 0 Å². The van der Waals surface area contributed by atoms with Crippen LogP contribution in [0.2, 0.25) is 0 Å². The highest BCUT2D eigenvalue weighted by molar-refractivity contribution is 7.21. The molecule has 0 radical (unpaired) electrons. The van der Waals surface area contributed by atoms with Crippen LogP contribution in [0.1, 0.15) is 50.7 Å². The molecule has 2 fully saturated rings. The predicted octanol–water partition coefficient (Wildman–Crippen LogP) is 3.55. The minimum atomic E-state index is -0.129. The van der Waals surface area contributed by atoms with Crippen LogP contribution >= 0.6 is 11.3 Å². The number of nitrogens with zero attached hydrogens (tertiary/aromatic N) is 3. The molecule has 0 aliphatic carbocycles. The Morgan fingerprint density at radius 2 is 1.94 bits per heavy atom. The van der Waals surface area contributed by atoms with Gasteiger partial charge in [-0.25, -0.2) is 0 Å². The zero-order chi connectivity index (χ0) is 21.4. The van der Waals surface area contributed by atoms with Gasteiger partial charge in [-0.15, -0.1) is 11.3 Å². The Balaban J connectivity index is 1.44. The van der Waals surface area contributed by atoms with Gasteiger partial charge in [-0.3, -0.25) is 9.59 Å². The summed E-state index contributed by atoms with van der Waals surface area (Å²) in [6.45, 7) is 5.59. The number of benzene rings is 1. The maximum absolute atomic E-state index is 13.4. The van der Waals surface area contributed by atoms with Crippen LogP contribution in [0.25, 0.3) is 10.1 Å². The van der Waals surface area contributed by atoms with Gasteiger partial charge in [0.1, 0.15) is 0 Å². The maximum atomic E-state index is 13.4. The number of carbonyl (C=O) groups is 2. The van der Waals surface area contributed by atoms with Crippen molar-refractivity contribution in [2.45, 2.75) is 25.7 Å². The van der Waals surface area contributed by atoms with E-state index in [-0.39, 0.29) is 23.5 Å². The second-order valence-electron chi connectivity index (χ2n) is 8.02. The van der Waals surface area contributed by atoms with Crippen LogP contribution in [0.5, 0.6) is 0 Å². The average Bonchev–Trinajstić information content (AvgIpc) is 3.56. The van der Waals surface area contributed by atoms with E-state index in [1.807, 2.05) is 28.9 Å². The molecule has 31 heavy (non-hydrogen) atoms. The number of carbonyl (C=O) groups excluding carboxylic acids is 2. The van der Waals surface area contributed by atoms with E-state index >= 15 is 0 Å². The summed E-state index contributed by atoms with van der Waals surface area (Å²) >= 11 is 1.56. The van der Waals surface area contributed by atoms with Gasteiger partial charge in [-0.05, 0) is 29.9 Å². The van der Waals surface area contributed by atoms with E-state index in [0.717, 1.165) is 39.1 Å². The maximum Gasteiger partial charge on any atom is 0.292 e. The molecule has 2 saturated heterocycles. The first-order valence-corrected chi connectivity index (χ1v) is 11.6. The Morgan fingerprint density at radius 3 is 2.71 bits per heavy atom. The number of hydrogen-bond donors (Lipinski definition) is 0. The van der Waals surface area contributed by atoms with Crippen LogP contribution < -0.4 is 0 Å². The molecule has 2 amide bonds. The summed E-state index contributed by atoms with van der Waals surface area (Å²) in [5.41, 5.74) is 1.86. The Bertz CT molecular complexity index is 1120. The molecule has 0 bridgehead atoms. The molecular formula is C23H25N3O4S. The Hall–Kier alpha value is -2.71. The molecule has 1 atom stereocenters. The lowest BCUT2D eigenvalue weighted by molar-refractivity contribution is 0.0305. The van der Waals surface area contributed by atoms with Crippen LogP contribution in [0.3, 0.4) is 0 Å². The molecular weight excluding hydrogens is 414 g/mol. The number of ether oxygens (including phenoxy) is 1. The monoisotopic (exact) mass is 439 g/mol. The number of rotatable bonds is 4. The van der Waals surface area contributed by atoms with Crippen molar-refractivity contribution < 1.29 is 18.8 Å². The van der Waals surface area contributed by atoms with Gasteiger partial charge < -0.3 is 19.1 Å².